The van der Waals surface area contributed by atoms with Crippen LogP contribution in [0, 0.1) is 0 Å². The van der Waals surface area contributed by atoms with E-state index >= 15 is 0 Å². The van der Waals surface area contributed by atoms with Gasteiger partial charge in [0.05, 0.1) is 6.10 Å². The predicted octanol–water partition coefficient (Wildman–Crippen LogP) is 0.889. The van der Waals surface area contributed by atoms with Crippen molar-refractivity contribution in [2.75, 3.05) is 7.05 Å². The van der Waals surface area contributed by atoms with Crippen molar-refractivity contribution in [3.63, 3.8) is 0 Å². The number of urea groups is 1. The number of rotatable bonds is 3. The third-order valence-electron chi connectivity index (χ3n) is 3.31. The number of carbonyl (C=O) groups excluding carboxylic acids is 2. The van der Waals surface area contributed by atoms with Gasteiger partial charge < -0.3 is 15.2 Å². The summed E-state index contributed by atoms with van der Waals surface area (Å²) in [4.78, 5) is 22.7. The van der Waals surface area contributed by atoms with Crippen molar-refractivity contribution >= 4 is 11.9 Å². The molecule has 2 atom stereocenters. The molecule has 1 aromatic carbocycles. The minimum atomic E-state index is -0.781. The number of amides is 3. The van der Waals surface area contributed by atoms with Crippen molar-refractivity contribution in [2.45, 2.75) is 32.0 Å². The summed E-state index contributed by atoms with van der Waals surface area (Å²) in [5.74, 6) is 0.0438. The van der Waals surface area contributed by atoms with Gasteiger partial charge in [0.15, 0.2) is 6.10 Å². The van der Waals surface area contributed by atoms with Gasteiger partial charge in [-0.15, -0.1) is 0 Å². The van der Waals surface area contributed by atoms with E-state index in [4.69, 9.17) is 4.74 Å². The van der Waals surface area contributed by atoms with Crippen LogP contribution in [0.2, 0.25) is 0 Å². The van der Waals surface area contributed by atoms with Crippen LogP contribution in [0.25, 0.3) is 0 Å². The van der Waals surface area contributed by atoms with Gasteiger partial charge in [-0.1, -0.05) is 6.07 Å². The maximum Gasteiger partial charge on any atom is 0.321 e. The summed E-state index contributed by atoms with van der Waals surface area (Å²) in [5, 5.41) is 14.2. The molecule has 0 saturated heterocycles. The molecule has 0 heterocycles. The Kier molecular flexibility index (Phi) is 4.24. The first-order valence-electron chi connectivity index (χ1n) is 6.51. The van der Waals surface area contributed by atoms with Gasteiger partial charge in [0, 0.05) is 7.05 Å². The van der Waals surface area contributed by atoms with Crippen molar-refractivity contribution in [1.82, 2.24) is 10.6 Å². The van der Waals surface area contributed by atoms with Crippen LogP contribution in [0.4, 0.5) is 4.79 Å². The molecule has 0 saturated carbocycles. The quantitative estimate of drug-likeness (QED) is 0.766. The number of imide groups is 1. The van der Waals surface area contributed by atoms with Crippen LogP contribution >= 0.6 is 0 Å². The number of aliphatic hydroxyl groups is 1. The molecule has 2 unspecified atom stereocenters. The average Bonchev–Trinajstić information content (AvgIpc) is 2.79. The van der Waals surface area contributed by atoms with Crippen molar-refractivity contribution in [3.05, 3.63) is 29.3 Å². The van der Waals surface area contributed by atoms with E-state index in [1.54, 1.807) is 13.0 Å². The molecule has 6 heteroatoms. The maximum absolute atomic E-state index is 11.7. The number of benzene rings is 1. The number of aryl methyl sites for hydroxylation is 1. The molecular formula is C14H18N2O4. The van der Waals surface area contributed by atoms with Crippen LogP contribution in [0.3, 0.4) is 0 Å². The highest BCUT2D eigenvalue weighted by Crippen LogP contribution is 2.33. The van der Waals surface area contributed by atoms with E-state index in [0.717, 1.165) is 17.5 Å². The maximum atomic E-state index is 11.7. The van der Waals surface area contributed by atoms with Crippen molar-refractivity contribution in [2.24, 2.45) is 0 Å². The summed E-state index contributed by atoms with van der Waals surface area (Å²) in [5.41, 5.74) is 1.95. The summed E-state index contributed by atoms with van der Waals surface area (Å²) in [7, 11) is 1.43. The first-order chi connectivity index (χ1) is 9.51. The number of aliphatic hydroxyl groups excluding tert-OH is 1. The number of ether oxygens (including phenoxy) is 1. The van der Waals surface area contributed by atoms with Crippen LogP contribution in [-0.2, 0) is 11.2 Å². The molecular weight excluding hydrogens is 260 g/mol. The Labute approximate surface area is 117 Å². The fraction of sp³-hybridized carbons (Fsp3) is 0.429. The Morgan fingerprint density at radius 2 is 2.20 bits per heavy atom. The highest BCUT2D eigenvalue weighted by Gasteiger charge is 2.22. The first kappa shape index (κ1) is 14.3. The molecule has 3 N–H and O–H groups in total. The smallest absolute Gasteiger partial charge is 0.321 e. The van der Waals surface area contributed by atoms with Gasteiger partial charge in [-0.2, -0.15) is 0 Å². The van der Waals surface area contributed by atoms with Gasteiger partial charge in [0.25, 0.3) is 5.91 Å². The lowest BCUT2D eigenvalue weighted by Gasteiger charge is -2.15. The van der Waals surface area contributed by atoms with Gasteiger partial charge in [0.1, 0.15) is 5.75 Å². The molecule has 0 spiro atoms. The van der Waals surface area contributed by atoms with Crippen LogP contribution in [0.15, 0.2) is 18.2 Å². The van der Waals surface area contributed by atoms with Gasteiger partial charge in [0.2, 0.25) is 0 Å². The molecule has 0 aromatic heterocycles. The lowest BCUT2D eigenvalue weighted by Crippen LogP contribution is -2.43. The third-order valence-corrected chi connectivity index (χ3v) is 3.31. The largest absolute Gasteiger partial charge is 0.481 e. The fourth-order valence-corrected chi connectivity index (χ4v) is 2.18. The molecule has 0 radical (unpaired) electrons. The zero-order chi connectivity index (χ0) is 14.7. The number of hydrogen-bond acceptors (Lipinski definition) is 4. The molecule has 2 rings (SSSR count). The first-order valence-corrected chi connectivity index (χ1v) is 6.51. The normalized spacial score (nSPS) is 18.1. The van der Waals surface area contributed by atoms with E-state index in [-0.39, 0.29) is 0 Å². The van der Waals surface area contributed by atoms with Gasteiger partial charge in [-0.05, 0) is 43.0 Å². The van der Waals surface area contributed by atoms with E-state index < -0.39 is 24.1 Å². The zero-order valence-electron chi connectivity index (χ0n) is 11.5. The summed E-state index contributed by atoms with van der Waals surface area (Å²) in [6.45, 7) is 1.57. The lowest BCUT2D eigenvalue weighted by atomic mass is 10.1. The highest BCUT2D eigenvalue weighted by molar-refractivity contribution is 5.96. The Balaban J connectivity index is 2.00. The molecule has 0 fully saturated rings. The lowest BCUT2D eigenvalue weighted by molar-refractivity contribution is -0.126. The SMILES string of the molecule is CNC(=O)NC(=O)C(C)Oc1ccc2c(c1)CCC2O. The predicted molar refractivity (Wildman–Crippen MR) is 72.4 cm³/mol. The van der Waals surface area contributed by atoms with E-state index in [1.165, 1.54) is 7.05 Å². The fourth-order valence-electron chi connectivity index (χ4n) is 2.18. The topological polar surface area (TPSA) is 87.7 Å². The molecule has 1 aliphatic carbocycles. The second-order valence-corrected chi connectivity index (χ2v) is 4.74. The summed E-state index contributed by atoms with van der Waals surface area (Å²) < 4.78 is 5.51. The van der Waals surface area contributed by atoms with Crippen LogP contribution < -0.4 is 15.4 Å². The van der Waals surface area contributed by atoms with Crippen molar-refractivity contribution in [3.8, 4) is 5.75 Å². The van der Waals surface area contributed by atoms with Crippen LogP contribution in [-0.4, -0.2) is 30.2 Å². The average molecular weight is 278 g/mol. The molecule has 1 aromatic rings. The van der Waals surface area contributed by atoms with E-state index in [0.29, 0.717) is 12.2 Å². The summed E-state index contributed by atoms with van der Waals surface area (Å²) in [6.07, 6.45) is 0.322. The Hall–Kier alpha value is -2.08. The van der Waals surface area contributed by atoms with Crippen LogP contribution in [0.5, 0.6) is 5.75 Å². The Morgan fingerprint density at radius 3 is 2.90 bits per heavy atom. The van der Waals surface area contributed by atoms with Crippen LogP contribution in [0.1, 0.15) is 30.6 Å². The molecule has 108 valence electrons. The molecule has 1 aliphatic rings. The number of hydrogen-bond donors (Lipinski definition) is 3. The molecule has 20 heavy (non-hydrogen) atoms. The monoisotopic (exact) mass is 278 g/mol. The Bertz CT molecular complexity index is 530. The molecule has 0 bridgehead atoms. The van der Waals surface area contributed by atoms with E-state index in [2.05, 4.69) is 10.6 Å². The van der Waals surface area contributed by atoms with Crippen molar-refractivity contribution < 1.29 is 19.4 Å². The van der Waals surface area contributed by atoms with Gasteiger partial charge in [-0.3, -0.25) is 10.1 Å². The zero-order valence-corrected chi connectivity index (χ0v) is 11.5. The second kappa shape index (κ2) is 5.92. The molecule has 3 amide bonds. The molecule has 6 nitrogen and oxygen atoms in total. The highest BCUT2D eigenvalue weighted by atomic mass is 16.5. The molecule has 0 aliphatic heterocycles. The summed E-state index contributed by atoms with van der Waals surface area (Å²) >= 11 is 0. The van der Waals surface area contributed by atoms with Gasteiger partial charge in [-0.25, -0.2) is 4.79 Å². The standard InChI is InChI=1S/C14H18N2O4/c1-8(13(18)16-14(19)15-2)20-10-4-5-11-9(7-10)3-6-12(11)17/h4-5,7-8,12,17H,3,6H2,1-2H3,(H2,15,16,18,19). The summed E-state index contributed by atoms with van der Waals surface area (Å²) in [6, 6.07) is 4.79. The number of carbonyl (C=O) groups is 2. The minimum absolute atomic E-state index is 0.409. The van der Waals surface area contributed by atoms with Crippen molar-refractivity contribution in [1.29, 1.82) is 0 Å². The third kappa shape index (κ3) is 3.08. The van der Waals surface area contributed by atoms with E-state index in [1.807, 2.05) is 12.1 Å². The Morgan fingerprint density at radius 1 is 1.45 bits per heavy atom. The number of nitrogens with one attached hydrogen (secondary N) is 2. The van der Waals surface area contributed by atoms with Gasteiger partial charge >= 0.3 is 6.03 Å². The van der Waals surface area contributed by atoms with E-state index in [9.17, 15) is 14.7 Å². The number of fused-ring (bicyclic) bond motifs is 1. The second-order valence-electron chi connectivity index (χ2n) is 4.74. The minimum Gasteiger partial charge on any atom is -0.481 e.